The van der Waals surface area contributed by atoms with Gasteiger partial charge in [-0.05, 0) is 25.3 Å². The summed E-state index contributed by atoms with van der Waals surface area (Å²) in [5.41, 5.74) is 1.60. The van der Waals surface area contributed by atoms with E-state index in [0.717, 1.165) is 10.7 Å². The molecular formula is C14H14N2O2S2. The first-order valence-corrected chi connectivity index (χ1v) is 7.78. The van der Waals surface area contributed by atoms with Crippen LogP contribution in [0.4, 0.5) is 0 Å². The predicted octanol–water partition coefficient (Wildman–Crippen LogP) is 2.35. The van der Waals surface area contributed by atoms with Crippen LogP contribution in [0.15, 0.2) is 16.8 Å². The highest BCUT2D eigenvalue weighted by molar-refractivity contribution is 7.12. The fourth-order valence-corrected chi connectivity index (χ4v) is 3.17. The molecule has 104 valence electrons. The van der Waals surface area contributed by atoms with E-state index < -0.39 is 0 Å². The summed E-state index contributed by atoms with van der Waals surface area (Å²) in [5, 5.41) is 16.3. The van der Waals surface area contributed by atoms with Gasteiger partial charge in [-0.15, -0.1) is 22.7 Å². The zero-order valence-electron chi connectivity index (χ0n) is 11.1. The lowest BCUT2D eigenvalue weighted by molar-refractivity contribution is 0.0943. The number of aliphatic hydroxyl groups is 1. The second-order valence-electron chi connectivity index (χ2n) is 4.15. The number of aliphatic hydroxyl groups excluding tert-OH is 1. The zero-order chi connectivity index (χ0) is 14.5. The third-order valence-corrected chi connectivity index (χ3v) is 4.59. The number of thiazole rings is 1. The Kier molecular flexibility index (Phi) is 4.90. The molecule has 2 aromatic heterocycles. The monoisotopic (exact) mass is 306 g/mol. The van der Waals surface area contributed by atoms with Crippen molar-refractivity contribution < 1.29 is 9.90 Å². The summed E-state index contributed by atoms with van der Waals surface area (Å²) in [6.45, 7) is 3.62. The SMILES string of the molecule is Cc1csc(C(C)NC(=O)c2sccc2C#CCO)n1. The van der Waals surface area contributed by atoms with Gasteiger partial charge in [-0.25, -0.2) is 4.98 Å². The highest BCUT2D eigenvalue weighted by Gasteiger charge is 2.17. The van der Waals surface area contributed by atoms with Gasteiger partial charge in [0.1, 0.15) is 16.5 Å². The number of nitrogens with one attached hydrogen (secondary N) is 1. The molecule has 2 heterocycles. The molecule has 0 saturated heterocycles. The number of thiophene rings is 1. The number of carbonyl (C=O) groups excluding carboxylic acids is 1. The lowest BCUT2D eigenvalue weighted by Gasteiger charge is -2.10. The Labute approximate surface area is 125 Å². The number of hydrogen-bond acceptors (Lipinski definition) is 5. The quantitative estimate of drug-likeness (QED) is 0.856. The molecule has 2 N–H and O–H groups in total. The van der Waals surface area contributed by atoms with Crippen molar-refractivity contribution in [2.75, 3.05) is 6.61 Å². The average Bonchev–Trinajstić information content (AvgIpc) is 3.04. The van der Waals surface area contributed by atoms with E-state index in [1.807, 2.05) is 24.6 Å². The van der Waals surface area contributed by atoms with Crippen molar-refractivity contribution in [3.8, 4) is 11.8 Å². The first kappa shape index (κ1) is 14.7. The standard InChI is InChI=1S/C14H14N2O2S2/c1-9-8-20-14(15-9)10(2)16-13(18)12-11(4-3-6-17)5-7-19-12/h5,7-8,10,17H,6H2,1-2H3,(H,16,18). The molecule has 0 aliphatic rings. The number of aryl methyl sites for hydroxylation is 1. The van der Waals surface area contributed by atoms with Gasteiger partial charge in [-0.1, -0.05) is 11.8 Å². The van der Waals surface area contributed by atoms with Crippen LogP contribution >= 0.6 is 22.7 Å². The van der Waals surface area contributed by atoms with Gasteiger partial charge in [0.25, 0.3) is 5.91 Å². The Morgan fingerprint density at radius 2 is 2.35 bits per heavy atom. The molecule has 0 fully saturated rings. The van der Waals surface area contributed by atoms with Gasteiger partial charge in [-0.3, -0.25) is 4.79 Å². The van der Waals surface area contributed by atoms with Gasteiger partial charge in [-0.2, -0.15) is 0 Å². The Morgan fingerprint density at radius 1 is 1.55 bits per heavy atom. The molecule has 0 aliphatic carbocycles. The van der Waals surface area contributed by atoms with Crippen LogP contribution in [-0.4, -0.2) is 22.6 Å². The smallest absolute Gasteiger partial charge is 0.263 e. The second kappa shape index (κ2) is 6.66. The number of carbonyl (C=O) groups is 1. The summed E-state index contributed by atoms with van der Waals surface area (Å²) in [6.07, 6.45) is 0. The molecule has 2 rings (SSSR count). The van der Waals surface area contributed by atoms with E-state index in [1.165, 1.54) is 22.7 Å². The zero-order valence-corrected chi connectivity index (χ0v) is 12.8. The minimum atomic E-state index is -0.217. The van der Waals surface area contributed by atoms with Crippen LogP contribution in [0.2, 0.25) is 0 Å². The lowest BCUT2D eigenvalue weighted by atomic mass is 10.2. The van der Waals surface area contributed by atoms with Crippen molar-refractivity contribution in [3.05, 3.63) is 38.0 Å². The van der Waals surface area contributed by atoms with E-state index in [-0.39, 0.29) is 18.6 Å². The van der Waals surface area contributed by atoms with E-state index >= 15 is 0 Å². The summed E-state index contributed by atoms with van der Waals surface area (Å²) in [5.74, 6) is 5.17. The summed E-state index contributed by atoms with van der Waals surface area (Å²) in [4.78, 5) is 17.2. The van der Waals surface area contributed by atoms with Crippen LogP contribution in [0.25, 0.3) is 0 Å². The van der Waals surface area contributed by atoms with Crippen molar-refractivity contribution in [1.82, 2.24) is 10.3 Å². The third kappa shape index (κ3) is 3.45. The van der Waals surface area contributed by atoms with Crippen molar-refractivity contribution >= 4 is 28.6 Å². The molecule has 0 aromatic carbocycles. The van der Waals surface area contributed by atoms with E-state index in [2.05, 4.69) is 22.1 Å². The maximum Gasteiger partial charge on any atom is 0.263 e. The number of rotatable bonds is 3. The van der Waals surface area contributed by atoms with Crippen LogP contribution in [0.3, 0.4) is 0 Å². The van der Waals surface area contributed by atoms with Crippen molar-refractivity contribution in [2.45, 2.75) is 19.9 Å². The van der Waals surface area contributed by atoms with Crippen LogP contribution in [0.1, 0.15) is 38.9 Å². The molecule has 1 atom stereocenters. The van der Waals surface area contributed by atoms with Gasteiger partial charge in [0, 0.05) is 16.6 Å². The lowest BCUT2D eigenvalue weighted by Crippen LogP contribution is -2.26. The van der Waals surface area contributed by atoms with Crippen molar-refractivity contribution in [1.29, 1.82) is 0 Å². The van der Waals surface area contributed by atoms with Crippen molar-refractivity contribution in [2.24, 2.45) is 0 Å². The molecule has 2 aromatic rings. The fourth-order valence-electron chi connectivity index (χ4n) is 1.61. The van der Waals surface area contributed by atoms with Gasteiger partial charge < -0.3 is 10.4 Å². The molecule has 6 heteroatoms. The third-order valence-electron chi connectivity index (χ3n) is 2.53. The van der Waals surface area contributed by atoms with Crippen LogP contribution in [0.5, 0.6) is 0 Å². The number of amides is 1. The van der Waals surface area contributed by atoms with E-state index in [0.29, 0.717) is 10.4 Å². The maximum absolute atomic E-state index is 12.2. The number of nitrogens with zero attached hydrogens (tertiary/aromatic N) is 1. The molecule has 4 nitrogen and oxygen atoms in total. The number of hydrogen-bond donors (Lipinski definition) is 2. The molecule has 0 bridgehead atoms. The Morgan fingerprint density at radius 3 is 3.00 bits per heavy atom. The topological polar surface area (TPSA) is 62.2 Å². The average molecular weight is 306 g/mol. The minimum absolute atomic E-state index is 0.137. The molecule has 1 amide bonds. The fraction of sp³-hybridized carbons (Fsp3) is 0.286. The van der Waals surface area contributed by atoms with Crippen LogP contribution in [-0.2, 0) is 0 Å². The minimum Gasteiger partial charge on any atom is -0.384 e. The predicted molar refractivity (Wildman–Crippen MR) is 81.0 cm³/mol. The Bertz CT molecular complexity index is 664. The molecule has 0 saturated carbocycles. The highest BCUT2D eigenvalue weighted by Crippen LogP contribution is 2.20. The largest absolute Gasteiger partial charge is 0.384 e. The first-order valence-electron chi connectivity index (χ1n) is 6.02. The van der Waals surface area contributed by atoms with Crippen LogP contribution in [0, 0.1) is 18.8 Å². The maximum atomic E-state index is 12.2. The summed E-state index contributed by atoms with van der Waals surface area (Å²) < 4.78 is 0. The molecule has 1 unspecified atom stereocenters. The molecule has 20 heavy (non-hydrogen) atoms. The Balaban J connectivity index is 2.10. The molecule has 0 radical (unpaired) electrons. The summed E-state index contributed by atoms with van der Waals surface area (Å²) in [7, 11) is 0. The first-order chi connectivity index (χ1) is 9.61. The van der Waals surface area contributed by atoms with Crippen molar-refractivity contribution in [3.63, 3.8) is 0 Å². The number of aromatic nitrogens is 1. The second-order valence-corrected chi connectivity index (χ2v) is 5.95. The van der Waals surface area contributed by atoms with E-state index in [9.17, 15) is 4.79 Å². The molecule has 0 spiro atoms. The van der Waals surface area contributed by atoms with E-state index in [4.69, 9.17) is 5.11 Å². The summed E-state index contributed by atoms with van der Waals surface area (Å²) in [6, 6.07) is 1.64. The van der Waals surface area contributed by atoms with Gasteiger partial charge >= 0.3 is 0 Å². The normalized spacial score (nSPS) is 11.6. The molecular weight excluding hydrogens is 292 g/mol. The van der Waals surface area contributed by atoms with E-state index in [1.54, 1.807) is 6.07 Å². The highest BCUT2D eigenvalue weighted by atomic mass is 32.1. The Hall–Kier alpha value is -1.68. The van der Waals surface area contributed by atoms with Gasteiger partial charge in [0.2, 0.25) is 0 Å². The van der Waals surface area contributed by atoms with Crippen LogP contribution < -0.4 is 5.32 Å². The summed E-state index contributed by atoms with van der Waals surface area (Å²) >= 11 is 2.87. The van der Waals surface area contributed by atoms with Gasteiger partial charge in [0.05, 0.1) is 6.04 Å². The molecule has 0 aliphatic heterocycles. The van der Waals surface area contributed by atoms with Gasteiger partial charge in [0.15, 0.2) is 0 Å².